The standard InChI is InChI=1S/C46H44N4.C14H12N2.Ir/c1-31-26-33(3)45(34(4)27-31)43-22-24-47-49(43)41-18-14-37(15-19-41)10-12-39-8-7-9-40(30-39)13-11-38-16-20-42(21-17-38)50-44(23-25-48-50)46-35(5)28-32(2)29-36(46)6;1-15-11-16(12-7-3-2-4-8-12)14-10-6-5-9-13(14)15;/h7-9,14-18,20,22-30H,10-13H2,1-6H3;2-7,9-11H,1H3;/q-2;;. The molecule has 0 unspecified atom stereocenters. The van der Waals surface area contributed by atoms with Crippen LogP contribution >= 0.6 is 0 Å². The Labute approximate surface area is 409 Å². The number of hydrogen-bond donors (Lipinski definition) is 0. The smallest absolute Gasteiger partial charge is 0.188 e. The van der Waals surface area contributed by atoms with Crippen LogP contribution < -0.4 is 0 Å². The van der Waals surface area contributed by atoms with E-state index in [0.29, 0.717) is 0 Å². The summed E-state index contributed by atoms with van der Waals surface area (Å²) in [5.74, 6) is 0. The van der Waals surface area contributed by atoms with Crippen molar-refractivity contribution in [3.8, 4) is 39.6 Å². The average Bonchev–Trinajstić information content (AvgIpc) is 4.08. The minimum Gasteiger partial charge on any atom is -0.258 e. The molecule has 10 rings (SSSR count). The maximum atomic E-state index is 4.66. The zero-order chi connectivity index (χ0) is 45.7. The Hall–Kier alpha value is -6.92. The van der Waals surface area contributed by atoms with Crippen molar-refractivity contribution in [1.82, 2.24) is 28.7 Å². The summed E-state index contributed by atoms with van der Waals surface area (Å²) in [4.78, 5) is 0. The van der Waals surface area contributed by atoms with Gasteiger partial charge in [0.2, 0.25) is 0 Å². The molecule has 6 nitrogen and oxygen atoms in total. The summed E-state index contributed by atoms with van der Waals surface area (Å²) in [5, 5.41) is 9.32. The van der Waals surface area contributed by atoms with Gasteiger partial charge in [0.05, 0.1) is 11.4 Å². The van der Waals surface area contributed by atoms with E-state index in [1.54, 1.807) is 0 Å². The van der Waals surface area contributed by atoms with Gasteiger partial charge in [0.15, 0.2) is 17.4 Å². The molecular formula is C60H56IrN6-2. The molecule has 3 aromatic heterocycles. The molecule has 0 aliphatic rings. The van der Waals surface area contributed by atoms with Gasteiger partial charge in [0, 0.05) is 68.5 Å². The van der Waals surface area contributed by atoms with Crippen molar-refractivity contribution in [2.24, 2.45) is 7.05 Å². The van der Waals surface area contributed by atoms with E-state index in [0.717, 1.165) is 54.1 Å². The first-order chi connectivity index (χ1) is 32.1. The molecule has 0 spiro atoms. The van der Waals surface area contributed by atoms with Crippen LogP contribution in [0.3, 0.4) is 0 Å². The van der Waals surface area contributed by atoms with Crippen LogP contribution in [-0.4, -0.2) is 28.7 Å². The van der Waals surface area contributed by atoms with Gasteiger partial charge in [-0.2, -0.15) is 75.9 Å². The molecular weight excluding hydrogens is 997 g/mol. The summed E-state index contributed by atoms with van der Waals surface area (Å²) in [6, 6.07) is 61.8. The Balaban J connectivity index is 0.000000300. The first-order valence-electron chi connectivity index (χ1n) is 22.9. The van der Waals surface area contributed by atoms with Crippen LogP contribution in [0.5, 0.6) is 0 Å². The summed E-state index contributed by atoms with van der Waals surface area (Å²) in [6.45, 7) is 13.0. The topological polar surface area (TPSA) is 45.5 Å². The van der Waals surface area contributed by atoms with Gasteiger partial charge >= 0.3 is 0 Å². The van der Waals surface area contributed by atoms with Gasteiger partial charge in [0.25, 0.3) is 0 Å². The van der Waals surface area contributed by atoms with Crippen LogP contribution in [0.15, 0.2) is 164 Å². The normalized spacial score (nSPS) is 11.0. The van der Waals surface area contributed by atoms with Crippen molar-refractivity contribution in [1.29, 1.82) is 0 Å². The zero-order valence-electron chi connectivity index (χ0n) is 39.4. The fourth-order valence-electron chi connectivity index (χ4n) is 9.52. The molecule has 0 fully saturated rings. The summed E-state index contributed by atoms with van der Waals surface area (Å²) in [5.41, 5.74) is 23.0. The Morgan fingerprint density at radius 3 is 1.40 bits per heavy atom. The molecule has 0 bridgehead atoms. The number of nitrogens with zero attached hydrogens (tertiary/aromatic N) is 6. The zero-order valence-corrected chi connectivity index (χ0v) is 41.8. The molecule has 1 radical (unpaired) electrons. The third-order valence-corrected chi connectivity index (χ3v) is 12.5. The summed E-state index contributed by atoms with van der Waals surface area (Å²) in [6.07, 6.45) is 9.75. The first kappa shape index (κ1) is 46.6. The number of rotatable bonds is 11. The van der Waals surface area contributed by atoms with E-state index in [-0.39, 0.29) is 20.1 Å². The number of fused-ring (bicyclic) bond motifs is 1. The number of aromatic nitrogens is 6. The van der Waals surface area contributed by atoms with Crippen molar-refractivity contribution in [2.45, 2.75) is 67.2 Å². The summed E-state index contributed by atoms with van der Waals surface area (Å²) in [7, 11) is 2.06. The minimum absolute atomic E-state index is 0. The second kappa shape index (κ2) is 20.7. The van der Waals surface area contributed by atoms with Crippen molar-refractivity contribution >= 4 is 11.0 Å². The Morgan fingerprint density at radius 1 is 0.463 bits per heavy atom. The molecule has 7 heteroatoms. The molecule has 0 aliphatic heterocycles. The van der Waals surface area contributed by atoms with E-state index in [4.69, 9.17) is 0 Å². The Morgan fingerprint density at radius 2 is 0.940 bits per heavy atom. The van der Waals surface area contributed by atoms with E-state index >= 15 is 0 Å². The third-order valence-electron chi connectivity index (χ3n) is 12.5. The van der Waals surface area contributed by atoms with Crippen LogP contribution in [0.4, 0.5) is 0 Å². The quantitative estimate of drug-likeness (QED) is 0.121. The van der Waals surface area contributed by atoms with Crippen LogP contribution in [0.25, 0.3) is 50.6 Å². The van der Waals surface area contributed by atoms with Gasteiger partial charge in [-0.15, -0.1) is 24.3 Å². The fraction of sp³-hybridized carbons (Fsp3) is 0.183. The molecule has 0 saturated heterocycles. The van der Waals surface area contributed by atoms with Gasteiger partial charge < -0.3 is 0 Å². The minimum atomic E-state index is 0. The molecule has 67 heavy (non-hydrogen) atoms. The third kappa shape index (κ3) is 10.4. The predicted octanol–water partition coefficient (Wildman–Crippen LogP) is 13.5. The predicted molar refractivity (Wildman–Crippen MR) is 271 cm³/mol. The second-order valence-electron chi connectivity index (χ2n) is 17.6. The second-order valence-corrected chi connectivity index (χ2v) is 17.6. The van der Waals surface area contributed by atoms with E-state index in [2.05, 4.69) is 220 Å². The van der Waals surface area contributed by atoms with Crippen LogP contribution in [-0.2, 0) is 52.8 Å². The molecule has 0 atom stereocenters. The molecule has 10 aromatic rings. The average molecular weight is 1050 g/mol. The van der Waals surface area contributed by atoms with Crippen molar-refractivity contribution < 1.29 is 20.1 Å². The largest absolute Gasteiger partial charge is 0.258 e. The van der Waals surface area contributed by atoms with Gasteiger partial charge in [0.1, 0.15) is 0 Å². The van der Waals surface area contributed by atoms with Crippen molar-refractivity contribution in [3.05, 3.63) is 238 Å². The first-order valence-corrected chi connectivity index (χ1v) is 22.9. The fourth-order valence-corrected chi connectivity index (χ4v) is 9.52. The number of hydrogen-bond acceptors (Lipinski definition) is 2. The monoisotopic (exact) mass is 1050 g/mol. The molecule has 0 amide bonds. The van der Waals surface area contributed by atoms with Gasteiger partial charge in [-0.25, -0.2) is 9.13 Å². The molecule has 0 aliphatic carbocycles. The number of imidazole rings is 1. The van der Waals surface area contributed by atoms with Crippen LogP contribution in [0.1, 0.15) is 55.6 Å². The van der Waals surface area contributed by atoms with Gasteiger partial charge in [-0.05, 0) is 123 Å². The maximum Gasteiger partial charge on any atom is 0.188 e. The number of benzene rings is 7. The number of para-hydroxylation sites is 3. The molecule has 337 valence electrons. The summed E-state index contributed by atoms with van der Waals surface area (Å²) < 4.78 is 8.28. The van der Waals surface area contributed by atoms with E-state index in [9.17, 15) is 0 Å². The Kier molecular flexibility index (Phi) is 14.4. The van der Waals surface area contributed by atoms with Gasteiger partial charge in [-0.3, -0.25) is 9.36 Å². The molecule has 3 heterocycles. The van der Waals surface area contributed by atoms with Gasteiger partial charge in [-0.1, -0.05) is 72.5 Å². The number of aryl methyl sites for hydroxylation is 11. The van der Waals surface area contributed by atoms with Crippen molar-refractivity contribution in [2.75, 3.05) is 0 Å². The Bertz CT molecular complexity index is 3060. The van der Waals surface area contributed by atoms with Crippen LogP contribution in [0.2, 0.25) is 0 Å². The summed E-state index contributed by atoms with van der Waals surface area (Å²) >= 11 is 0. The molecule has 0 saturated carbocycles. The van der Waals surface area contributed by atoms with E-state index in [1.165, 1.54) is 77.8 Å². The molecule has 7 aromatic carbocycles. The van der Waals surface area contributed by atoms with E-state index < -0.39 is 0 Å². The molecule has 0 N–H and O–H groups in total. The SMILES string of the molecule is Cc1cc(C)c(-c2ccnn2-c2[c-]cc(CCc3cccc(CCc4c[c-]c(-n5nccc5-c5c(C)cc(C)cc5C)cc4)c3)cc2)c(C)c1.Cn1[cH+]n(-c2[c-]cccc2)c2ccccc21.[Ir]. The van der Waals surface area contributed by atoms with Crippen LogP contribution in [0, 0.1) is 59.7 Å². The van der Waals surface area contributed by atoms with E-state index in [1.807, 2.05) is 40.0 Å². The maximum absolute atomic E-state index is 4.66. The van der Waals surface area contributed by atoms with Crippen molar-refractivity contribution in [3.63, 3.8) is 0 Å².